The fourth-order valence-electron chi connectivity index (χ4n) is 2.20. The first-order chi connectivity index (χ1) is 9.65. The van der Waals surface area contributed by atoms with Crippen molar-refractivity contribution < 1.29 is 4.79 Å². The molecule has 1 amide bonds. The van der Waals surface area contributed by atoms with Gasteiger partial charge in [0.15, 0.2) is 5.13 Å². The number of thiazole rings is 1. The lowest BCUT2D eigenvalue weighted by Crippen LogP contribution is -2.29. The number of nitrogen functional groups attached to an aromatic ring is 1. The second-order valence-electron chi connectivity index (χ2n) is 4.73. The molecule has 1 aromatic heterocycles. The Kier molecular flexibility index (Phi) is 5.54. The van der Waals surface area contributed by atoms with Gasteiger partial charge in [0.25, 0.3) is 5.91 Å². The van der Waals surface area contributed by atoms with Crippen molar-refractivity contribution >= 4 is 40.0 Å². The number of hydrogen-bond donors (Lipinski definition) is 2. The largest absolute Gasteiger partial charge is 0.382 e. The van der Waals surface area contributed by atoms with Crippen molar-refractivity contribution in [3.8, 4) is 0 Å². The summed E-state index contributed by atoms with van der Waals surface area (Å²) >= 11 is 3.31. The maximum Gasteiger partial charge on any atom is 0.265 e. The normalized spacial score (nSPS) is 18.2. The second kappa shape index (κ2) is 7.17. The molecular weight excluding hydrogens is 292 g/mol. The minimum absolute atomic E-state index is 0.0918. The van der Waals surface area contributed by atoms with Gasteiger partial charge in [-0.15, -0.1) is 0 Å². The van der Waals surface area contributed by atoms with Crippen LogP contribution in [0.3, 0.4) is 0 Å². The van der Waals surface area contributed by atoms with Crippen molar-refractivity contribution in [2.24, 2.45) is 0 Å². The lowest BCUT2D eigenvalue weighted by atomic mass is 10.2. The van der Waals surface area contributed by atoms with Crippen molar-refractivity contribution in [2.45, 2.75) is 31.9 Å². The maximum atomic E-state index is 12.2. The summed E-state index contributed by atoms with van der Waals surface area (Å²) in [6, 6.07) is 0. The van der Waals surface area contributed by atoms with E-state index in [0.717, 1.165) is 24.8 Å². The first-order valence-corrected chi connectivity index (χ1v) is 8.93. The molecule has 1 aromatic rings. The summed E-state index contributed by atoms with van der Waals surface area (Å²) in [6.45, 7) is 6.59. The standard InChI is InChI=1S/C13H22N4OS2/c1-3-17(4-2)13-16-11(14)10(20-13)12(18)15-8-9-6-5-7-19-9/h9H,3-8,14H2,1-2H3,(H,15,18). The van der Waals surface area contributed by atoms with Crippen LogP contribution in [0, 0.1) is 0 Å². The molecule has 1 saturated heterocycles. The van der Waals surface area contributed by atoms with Crippen molar-refractivity contribution in [3.63, 3.8) is 0 Å². The van der Waals surface area contributed by atoms with Gasteiger partial charge in [-0.2, -0.15) is 11.8 Å². The van der Waals surface area contributed by atoms with Gasteiger partial charge >= 0.3 is 0 Å². The van der Waals surface area contributed by atoms with Gasteiger partial charge < -0.3 is 16.0 Å². The van der Waals surface area contributed by atoms with E-state index >= 15 is 0 Å². The highest BCUT2D eigenvalue weighted by molar-refractivity contribution is 8.00. The highest BCUT2D eigenvalue weighted by Gasteiger charge is 2.21. The van der Waals surface area contributed by atoms with E-state index in [1.165, 1.54) is 29.9 Å². The third-order valence-electron chi connectivity index (χ3n) is 3.40. The Morgan fingerprint density at radius 2 is 2.25 bits per heavy atom. The predicted molar refractivity (Wildman–Crippen MR) is 87.9 cm³/mol. The minimum atomic E-state index is -0.0918. The zero-order valence-corrected chi connectivity index (χ0v) is 13.6. The van der Waals surface area contributed by atoms with E-state index in [1.807, 2.05) is 11.8 Å². The Bertz CT molecular complexity index is 453. The van der Waals surface area contributed by atoms with Crippen LogP contribution in [0.4, 0.5) is 10.9 Å². The Morgan fingerprint density at radius 1 is 1.50 bits per heavy atom. The van der Waals surface area contributed by atoms with E-state index < -0.39 is 0 Å². The van der Waals surface area contributed by atoms with Gasteiger partial charge in [0.05, 0.1) is 0 Å². The number of aromatic nitrogens is 1. The number of thioether (sulfide) groups is 1. The molecule has 3 N–H and O–H groups in total. The van der Waals surface area contributed by atoms with Gasteiger partial charge in [0, 0.05) is 24.9 Å². The molecule has 5 nitrogen and oxygen atoms in total. The molecule has 20 heavy (non-hydrogen) atoms. The monoisotopic (exact) mass is 314 g/mol. The average Bonchev–Trinajstić information content (AvgIpc) is 3.07. The van der Waals surface area contributed by atoms with E-state index in [0.29, 0.717) is 15.9 Å². The smallest absolute Gasteiger partial charge is 0.265 e. The molecule has 1 aliphatic rings. The quantitative estimate of drug-likeness (QED) is 0.842. The molecule has 0 spiro atoms. The fraction of sp³-hybridized carbons (Fsp3) is 0.692. The molecule has 1 fully saturated rings. The van der Waals surface area contributed by atoms with Crippen LogP contribution >= 0.6 is 23.1 Å². The minimum Gasteiger partial charge on any atom is -0.382 e. The van der Waals surface area contributed by atoms with Gasteiger partial charge in [-0.1, -0.05) is 11.3 Å². The SMILES string of the molecule is CCN(CC)c1nc(N)c(C(=O)NCC2CCCS2)s1. The Labute approximate surface area is 128 Å². The summed E-state index contributed by atoms with van der Waals surface area (Å²) in [5, 5.41) is 4.36. The molecular formula is C13H22N4OS2. The molecule has 0 aromatic carbocycles. The molecule has 1 unspecified atom stereocenters. The summed E-state index contributed by atoms with van der Waals surface area (Å²) in [5.74, 6) is 1.45. The Hall–Kier alpha value is -0.950. The van der Waals surface area contributed by atoms with Crippen LogP contribution in [0.25, 0.3) is 0 Å². The average molecular weight is 314 g/mol. The van der Waals surface area contributed by atoms with Crippen molar-refractivity contribution in [1.82, 2.24) is 10.3 Å². The zero-order valence-electron chi connectivity index (χ0n) is 12.0. The maximum absolute atomic E-state index is 12.2. The van der Waals surface area contributed by atoms with Crippen LogP contribution in [0.15, 0.2) is 0 Å². The van der Waals surface area contributed by atoms with E-state index in [-0.39, 0.29) is 5.91 Å². The molecule has 7 heteroatoms. The van der Waals surface area contributed by atoms with Crippen LogP contribution in [0.1, 0.15) is 36.4 Å². The molecule has 0 saturated carbocycles. The molecule has 112 valence electrons. The van der Waals surface area contributed by atoms with Gasteiger partial charge in [-0.25, -0.2) is 4.98 Å². The molecule has 0 radical (unpaired) electrons. The highest BCUT2D eigenvalue weighted by Crippen LogP contribution is 2.28. The predicted octanol–water partition coefficient (Wildman–Crippen LogP) is 2.20. The number of nitrogens with one attached hydrogen (secondary N) is 1. The molecule has 0 aliphatic carbocycles. The number of amides is 1. The summed E-state index contributed by atoms with van der Waals surface area (Å²) in [5.41, 5.74) is 5.88. The number of nitrogens with two attached hydrogens (primary N) is 1. The van der Waals surface area contributed by atoms with Crippen LogP contribution in [0.5, 0.6) is 0 Å². The molecule has 0 bridgehead atoms. The number of rotatable bonds is 6. The summed E-state index contributed by atoms with van der Waals surface area (Å²) in [7, 11) is 0. The Morgan fingerprint density at radius 3 is 2.85 bits per heavy atom. The molecule has 2 rings (SSSR count). The third-order valence-corrected chi connectivity index (χ3v) is 5.93. The van der Waals surface area contributed by atoms with Gasteiger partial charge in [-0.05, 0) is 32.4 Å². The van der Waals surface area contributed by atoms with Crippen molar-refractivity contribution in [2.75, 3.05) is 36.0 Å². The lowest BCUT2D eigenvalue weighted by molar-refractivity contribution is 0.0958. The lowest BCUT2D eigenvalue weighted by Gasteiger charge is -2.16. The first-order valence-electron chi connectivity index (χ1n) is 7.06. The van der Waals surface area contributed by atoms with Crippen molar-refractivity contribution in [3.05, 3.63) is 4.88 Å². The molecule has 2 heterocycles. The number of hydrogen-bond acceptors (Lipinski definition) is 6. The van der Waals surface area contributed by atoms with Gasteiger partial charge in [0.1, 0.15) is 10.7 Å². The second-order valence-corrected chi connectivity index (χ2v) is 7.11. The Balaban J connectivity index is 1.98. The first kappa shape index (κ1) is 15.4. The van der Waals surface area contributed by atoms with E-state index in [2.05, 4.69) is 29.0 Å². The number of carbonyl (C=O) groups is 1. The summed E-state index contributed by atoms with van der Waals surface area (Å²) in [4.78, 5) is 19.1. The number of carbonyl (C=O) groups excluding carboxylic acids is 1. The van der Waals surface area contributed by atoms with Crippen LogP contribution < -0.4 is 16.0 Å². The van der Waals surface area contributed by atoms with Gasteiger partial charge in [-0.3, -0.25) is 4.79 Å². The third kappa shape index (κ3) is 3.58. The fourth-order valence-corrected chi connectivity index (χ4v) is 4.43. The summed E-state index contributed by atoms with van der Waals surface area (Å²) < 4.78 is 0. The molecule has 1 atom stereocenters. The van der Waals surface area contributed by atoms with Crippen molar-refractivity contribution in [1.29, 1.82) is 0 Å². The molecule has 1 aliphatic heterocycles. The van der Waals surface area contributed by atoms with Crippen LogP contribution in [0.2, 0.25) is 0 Å². The van der Waals surface area contributed by atoms with E-state index in [9.17, 15) is 4.79 Å². The topological polar surface area (TPSA) is 71.2 Å². The number of anilines is 2. The number of nitrogens with zero attached hydrogens (tertiary/aromatic N) is 2. The van der Waals surface area contributed by atoms with E-state index in [1.54, 1.807) is 0 Å². The van der Waals surface area contributed by atoms with Crippen LogP contribution in [-0.4, -0.2) is 41.5 Å². The highest BCUT2D eigenvalue weighted by atomic mass is 32.2. The van der Waals surface area contributed by atoms with Crippen LogP contribution in [-0.2, 0) is 0 Å². The van der Waals surface area contributed by atoms with Gasteiger partial charge in [0.2, 0.25) is 0 Å². The van der Waals surface area contributed by atoms with E-state index in [4.69, 9.17) is 5.73 Å². The zero-order chi connectivity index (χ0) is 14.5. The summed E-state index contributed by atoms with van der Waals surface area (Å²) in [6.07, 6.45) is 2.44.